The highest BCUT2D eigenvalue weighted by atomic mass is 16.5. The zero-order valence-electron chi connectivity index (χ0n) is 15.0. The van der Waals surface area contributed by atoms with Crippen LogP contribution in [0.15, 0.2) is 48.5 Å². The van der Waals surface area contributed by atoms with Gasteiger partial charge in [0.1, 0.15) is 12.4 Å². The number of fused-ring (bicyclic) bond motifs is 3. The number of nitrogens with one attached hydrogen (secondary N) is 1. The molecule has 132 valence electrons. The van der Waals surface area contributed by atoms with Gasteiger partial charge in [0.25, 0.3) is 5.91 Å². The highest BCUT2D eigenvalue weighted by Crippen LogP contribution is 2.38. The number of amides is 1. The van der Waals surface area contributed by atoms with Crippen molar-refractivity contribution in [2.75, 3.05) is 6.54 Å². The first-order valence-corrected chi connectivity index (χ1v) is 8.75. The van der Waals surface area contributed by atoms with E-state index in [-0.39, 0.29) is 5.91 Å². The van der Waals surface area contributed by atoms with Crippen LogP contribution in [0, 0.1) is 6.92 Å². The predicted molar refractivity (Wildman–Crippen MR) is 100 cm³/mol. The molecule has 5 heteroatoms. The van der Waals surface area contributed by atoms with Gasteiger partial charge in [0.05, 0.1) is 5.69 Å². The van der Waals surface area contributed by atoms with E-state index in [9.17, 15) is 4.79 Å². The van der Waals surface area contributed by atoms with Crippen molar-refractivity contribution in [3.05, 3.63) is 70.9 Å². The van der Waals surface area contributed by atoms with Crippen molar-refractivity contribution in [2.45, 2.75) is 20.0 Å². The minimum Gasteiger partial charge on any atom is -0.488 e. The molecule has 5 nitrogen and oxygen atoms in total. The molecule has 4 rings (SSSR count). The maximum absolute atomic E-state index is 12.6. The van der Waals surface area contributed by atoms with Crippen LogP contribution in [0.5, 0.6) is 5.75 Å². The molecule has 0 aliphatic carbocycles. The number of rotatable bonds is 4. The first kappa shape index (κ1) is 16.4. The monoisotopic (exact) mass is 347 g/mol. The molecule has 1 aliphatic heterocycles. The quantitative estimate of drug-likeness (QED) is 0.788. The third-order valence-electron chi connectivity index (χ3n) is 4.69. The molecule has 0 bridgehead atoms. The minimum absolute atomic E-state index is 0.156. The molecule has 2 heterocycles. The molecule has 0 atom stereocenters. The van der Waals surface area contributed by atoms with E-state index in [2.05, 4.69) is 41.6 Å². The van der Waals surface area contributed by atoms with E-state index in [1.165, 1.54) is 11.1 Å². The number of hydrogen-bond donors (Lipinski definition) is 1. The number of aryl methyl sites for hydroxylation is 2. The predicted octanol–water partition coefficient (Wildman–Crippen LogP) is 3.26. The summed E-state index contributed by atoms with van der Waals surface area (Å²) < 4.78 is 7.58. The largest absolute Gasteiger partial charge is 0.488 e. The van der Waals surface area contributed by atoms with Crippen LogP contribution in [-0.2, 0) is 20.1 Å². The molecule has 0 saturated heterocycles. The Hall–Kier alpha value is -3.08. The third kappa shape index (κ3) is 2.96. The fourth-order valence-corrected chi connectivity index (χ4v) is 3.32. The van der Waals surface area contributed by atoms with E-state index in [1.807, 2.05) is 31.3 Å². The lowest BCUT2D eigenvalue weighted by atomic mass is 10.0. The zero-order chi connectivity index (χ0) is 18.1. The summed E-state index contributed by atoms with van der Waals surface area (Å²) in [4.78, 5) is 12.6. The average molecular weight is 347 g/mol. The molecule has 1 aromatic heterocycles. The molecule has 2 aromatic carbocycles. The maximum atomic E-state index is 12.6. The van der Waals surface area contributed by atoms with Gasteiger partial charge in [-0.2, -0.15) is 5.10 Å². The summed E-state index contributed by atoms with van der Waals surface area (Å²) in [5.41, 5.74) is 5.66. The average Bonchev–Trinajstić information content (AvgIpc) is 3.00. The summed E-state index contributed by atoms with van der Waals surface area (Å²) in [6, 6.07) is 16.2. The van der Waals surface area contributed by atoms with Crippen molar-refractivity contribution in [3.63, 3.8) is 0 Å². The summed E-state index contributed by atoms with van der Waals surface area (Å²) in [6.45, 7) is 3.00. The minimum atomic E-state index is -0.156. The van der Waals surface area contributed by atoms with Gasteiger partial charge in [-0.1, -0.05) is 42.0 Å². The number of aromatic nitrogens is 2. The Labute approximate surface area is 152 Å². The van der Waals surface area contributed by atoms with Crippen LogP contribution in [0.1, 0.15) is 27.2 Å². The number of benzene rings is 2. The van der Waals surface area contributed by atoms with E-state index in [0.717, 1.165) is 29.0 Å². The number of para-hydroxylation sites is 1. The van der Waals surface area contributed by atoms with E-state index in [4.69, 9.17) is 4.74 Å². The van der Waals surface area contributed by atoms with Gasteiger partial charge in [-0.25, -0.2) is 0 Å². The van der Waals surface area contributed by atoms with Crippen molar-refractivity contribution in [1.29, 1.82) is 0 Å². The summed E-state index contributed by atoms with van der Waals surface area (Å²) in [5.74, 6) is 0.672. The molecule has 0 unspecified atom stereocenters. The summed E-state index contributed by atoms with van der Waals surface area (Å²) in [7, 11) is 1.87. The number of ether oxygens (including phenoxy) is 1. The first-order valence-electron chi connectivity index (χ1n) is 8.75. The third-order valence-corrected chi connectivity index (χ3v) is 4.69. The zero-order valence-corrected chi connectivity index (χ0v) is 15.0. The topological polar surface area (TPSA) is 56.2 Å². The Morgan fingerprint density at radius 1 is 1.19 bits per heavy atom. The number of carbonyl (C=O) groups is 1. The standard InChI is InChI=1S/C21H21N3O2/c1-14-7-9-15(10-8-14)11-12-22-21(25)19-17-13-26-18-6-4-3-5-16(18)20(17)24(2)23-19/h3-10H,11-13H2,1-2H3,(H,22,25). The van der Waals surface area contributed by atoms with Crippen LogP contribution in [0.4, 0.5) is 0 Å². The van der Waals surface area contributed by atoms with Crippen LogP contribution < -0.4 is 10.1 Å². The van der Waals surface area contributed by atoms with Crippen molar-refractivity contribution < 1.29 is 9.53 Å². The van der Waals surface area contributed by atoms with Crippen LogP contribution in [0.2, 0.25) is 0 Å². The highest BCUT2D eigenvalue weighted by Gasteiger charge is 2.27. The SMILES string of the molecule is Cc1ccc(CCNC(=O)c2nn(C)c3c2COc2ccccc2-3)cc1. The van der Waals surface area contributed by atoms with E-state index >= 15 is 0 Å². The number of hydrogen-bond acceptors (Lipinski definition) is 3. The molecule has 0 fully saturated rings. The van der Waals surface area contributed by atoms with Gasteiger partial charge >= 0.3 is 0 Å². The van der Waals surface area contributed by atoms with Crippen LogP contribution in [0.25, 0.3) is 11.3 Å². The second kappa shape index (κ2) is 6.67. The normalized spacial score (nSPS) is 12.1. The molecule has 1 N–H and O–H groups in total. The summed E-state index contributed by atoms with van der Waals surface area (Å²) in [6.07, 6.45) is 0.792. The van der Waals surface area contributed by atoms with E-state index in [0.29, 0.717) is 18.8 Å². The Bertz CT molecular complexity index is 958. The van der Waals surface area contributed by atoms with E-state index in [1.54, 1.807) is 4.68 Å². The molecule has 0 radical (unpaired) electrons. The van der Waals surface area contributed by atoms with Gasteiger partial charge in [-0.05, 0) is 31.0 Å². The number of nitrogens with zero attached hydrogens (tertiary/aromatic N) is 2. The molecular formula is C21H21N3O2. The molecule has 1 aliphatic rings. The number of carbonyl (C=O) groups excluding carboxylic acids is 1. The van der Waals surface area contributed by atoms with Crippen LogP contribution in [0.3, 0.4) is 0 Å². The van der Waals surface area contributed by atoms with Crippen molar-refractivity contribution in [3.8, 4) is 17.0 Å². The van der Waals surface area contributed by atoms with Gasteiger partial charge in [0, 0.05) is 24.7 Å². The van der Waals surface area contributed by atoms with Gasteiger partial charge in [-0.3, -0.25) is 9.48 Å². The molecule has 26 heavy (non-hydrogen) atoms. The Morgan fingerprint density at radius 2 is 1.96 bits per heavy atom. The van der Waals surface area contributed by atoms with Crippen LogP contribution in [-0.4, -0.2) is 22.2 Å². The van der Waals surface area contributed by atoms with Gasteiger partial charge in [-0.15, -0.1) is 0 Å². The fraction of sp³-hybridized carbons (Fsp3) is 0.238. The second-order valence-corrected chi connectivity index (χ2v) is 6.58. The summed E-state index contributed by atoms with van der Waals surface area (Å²) in [5, 5.41) is 7.43. The van der Waals surface area contributed by atoms with Crippen LogP contribution >= 0.6 is 0 Å². The molecule has 0 spiro atoms. The van der Waals surface area contributed by atoms with Crippen molar-refractivity contribution in [1.82, 2.24) is 15.1 Å². The van der Waals surface area contributed by atoms with Gasteiger partial charge < -0.3 is 10.1 Å². The highest BCUT2D eigenvalue weighted by molar-refractivity contribution is 5.96. The van der Waals surface area contributed by atoms with Crippen molar-refractivity contribution >= 4 is 5.91 Å². The Morgan fingerprint density at radius 3 is 2.77 bits per heavy atom. The smallest absolute Gasteiger partial charge is 0.272 e. The molecule has 3 aromatic rings. The van der Waals surface area contributed by atoms with Gasteiger partial charge in [0.15, 0.2) is 5.69 Å². The fourth-order valence-electron chi connectivity index (χ4n) is 3.32. The molecule has 0 saturated carbocycles. The van der Waals surface area contributed by atoms with E-state index < -0.39 is 0 Å². The lowest BCUT2D eigenvalue weighted by Crippen LogP contribution is -2.27. The second-order valence-electron chi connectivity index (χ2n) is 6.58. The Balaban J connectivity index is 1.50. The lowest BCUT2D eigenvalue weighted by Gasteiger charge is -2.18. The molecular weight excluding hydrogens is 326 g/mol. The lowest BCUT2D eigenvalue weighted by molar-refractivity contribution is 0.0946. The summed E-state index contributed by atoms with van der Waals surface area (Å²) >= 11 is 0. The Kier molecular flexibility index (Phi) is 4.21. The molecule has 1 amide bonds. The first-order chi connectivity index (χ1) is 12.6. The maximum Gasteiger partial charge on any atom is 0.272 e. The van der Waals surface area contributed by atoms with Crippen molar-refractivity contribution in [2.24, 2.45) is 7.05 Å². The van der Waals surface area contributed by atoms with Gasteiger partial charge in [0.2, 0.25) is 0 Å².